The first-order valence-electron chi connectivity index (χ1n) is 3.01. The maximum atomic E-state index is 7.11. The molecule has 0 heterocycles. The van der Waals surface area contributed by atoms with Gasteiger partial charge in [-0.05, 0) is 13.8 Å². The van der Waals surface area contributed by atoms with E-state index in [2.05, 4.69) is 0 Å². The Hall–Kier alpha value is -0.240. The fourth-order valence-electron chi connectivity index (χ4n) is 0.489. The fourth-order valence-corrected chi connectivity index (χ4v) is 0.629. The Morgan fingerprint density at radius 2 is 2.33 bits per heavy atom. The predicted octanol–water partition coefficient (Wildman–Crippen LogP) is 2.02. The standard InChI is InChI=1S/C6H12ClNO/c1-3-9-6(8)4-5(2)7/h5,8H,3-4H2,1-2H3. The van der Waals surface area contributed by atoms with Crippen LogP contribution < -0.4 is 0 Å². The lowest BCUT2D eigenvalue weighted by Gasteiger charge is -2.04. The molecule has 2 nitrogen and oxygen atoms in total. The van der Waals surface area contributed by atoms with E-state index in [1.807, 2.05) is 13.8 Å². The van der Waals surface area contributed by atoms with Crippen molar-refractivity contribution in [2.45, 2.75) is 25.6 Å². The highest BCUT2D eigenvalue weighted by Gasteiger charge is 2.00. The lowest BCUT2D eigenvalue weighted by molar-refractivity contribution is 0.314. The van der Waals surface area contributed by atoms with Crippen molar-refractivity contribution in [2.24, 2.45) is 0 Å². The van der Waals surface area contributed by atoms with Gasteiger partial charge in [0.15, 0.2) is 5.90 Å². The van der Waals surface area contributed by atoms with Crippen LogP contribution in [0.1, 0.15) is 20.3 Å². The van der Waals surface area contributed by atoms with Gasteiger partial charge < -0.3 is 4.74 Å². The van der Waals surface area contributed by atoms with Crippen molar-refractivity contribution in [1.29, 1.82) is 5.41 Å². The SMILES string of the molecule is CCOC(=N)CC(C)Cl. The summed E-state index contributed by atoms with van der Waals surface area (Å²) in [6.07, 6.45) is 0.523. The molecule has 0 aromatic rings. The van der Waals surface area contributed by atoms with Gasteiger partial charge in [-0.15, -0.1) is 11.6 Å². The molecule has 1 atom stereocenters. The molecule has 9 heavy (non-hydrogen) atoms. The molecule has 0 saturated carbocycles. The Kier molecular flexibility index (Phi) is 4.50. The van der Waals surface area contributed by atoms with Crippen molar-refractivity contribution in [1.82, 2.24) is 0 Å². The van der Waals surface area contributed by atoms with Crippen LogP contribution in [-0.2, 0) is 4.74 Å². The van der Waals surface area contributed by atoms with Crippen LogP contribution in [0.2, 0.25) is 0 Å². The second kappa shape index (κ2) is 4.62. The highest BCUT2D eigenvalue weighted by Crippen LogP contribution is 2.00. The lowest BCUT2D eigenvalue weighted by Crippen LogP contribution is -2.07. The van der Waals surface area contributed by atoms with E-state index in [4.69, 9.17) is 21.7 Å². The molecule has 0 radical (unpaired) electrons. The second-order valence-corrected chi connectivity index (χ2v) is 2.59. The minimum absolute atomic E-state index is 0.00375. The third-order valence-corrected chi connectivity index (χ3v) is 0.940. The molecule has 0 aliphatic carbocycles. The molecular formula is C6H12ClNO. The van der Waals surface area contributed by atoms with Crippen molar-refractivity contribution in [3.63, 3.8) is 0 Å². The van der Waals surface area contributed by atoms with Crippen molar-refractivity contribution in [2.75, 3.05) is 6.61 Å². The number of halogens is 1. The zero-order valence-electron chi connectivity index (χ0n) is 5.78. The van der Waals surface area contributed by atoms with E-state index >= 15 is 0 Å². The summed E-state index contributed by atoms with van der Waals surface area (Å²) >= 11 is 5.59. The van der Waals surface area contributed by atoms with E-state index in [-0.39, 0.29) is 11.3 Å². The van der Waals surface area contributed by atoms with Gasteiger partial charge in [0.05, 0.1) is 6.61 Å². The monoisotopic (exact) mass is 149 g/mol. The average Bonchev–Trinajstić information content (AvgIpc) is 1.63. The molecule has 1 N–H and O–H groups in total. The summed E-state index contributed by atoms with van der Waals surface area (Å²) in [7, 11) is 0. The van der Waals surface area contributed by atoms with E-state index in [1.165, 1.54) is 0 Å². The van der Waals surface area contributed by atoms with E-state index in [0.717, 1.165) is 0 Å². The predicted molar refractivity (Wildman–Crippen MR) is 39.3 cm³/mol. The van der Waals surface area contributed by atoms with Crippen molar-refractivity contribution < 1.29 is 4.74 Å². The van der Waals surface area contributed by atoms with Crippen molar-refractivity contribution >= 4 is 17.5 Å². The molecular weight excluding hydrogens is 138 g/mol. The zero-order valence-corrected chi connectivity index (χ0v) is 6.53. The zero-order chi connectivity index (χ0) is 7.28. The second-order valence-electron chi connectivity index (χ2n) is 1.84. The van der Waals surface area contributed by atoms with Gasteiger partial charge in [0, 0.05) is 11.8 Å². The summed E-state index contributed by atoms with van der Waals surface area (Å²) in [6.45, 7) is 4.25. The van der Waals surface area contributed by atoms with E-state index in [9.17, 15) is 0 Å². The molecule has 0 bridgehead atoms. The number of rotatable bonds is 3. The molecule has 0 saturated heterocycles. The van der Waals surface area contributed by atoms with Gasteiger partial charge in [-0.2, -0.15) is 0 Å². The van der Waals surface area contributed by atoms with Crippen LogP contribution in [0.5, 0.6) is 0 Å². The Morgan fingerprint density at radius 3 is 2.67 bits per heavy atom. The minimum atomic E-state index is 0.00375. The van der Waals surface area contributed by atoms with E-state index in [0.29, 0.717) is 13.0 Å². The average molecular weight is 150 g/mol. The van der Waals surface area contributed by atoms with E-state index in [1.54, 1.807) is 0 Å². The largest absolute Gasteiger partial charge is 0.481 e. The van der Waals surface area contributed by atoms with Crippen LogP contribution in [0.4, 0.5) is 0 Å². The van der Waals surface area contributed by atoms with E-state index < -0.39 is 0 Å². The molecule has 0 aliphatic heterocycles. The first-order chi connectivity index (χ1) is 4.16. The molecule has 0 fully saturated rings. The van der Waals surface area contributed by atoms with Crippen LogP contribution in [0, 0.1) is 5.41 Å². The summed E-state index contributed by atoms with van der Waals surface area (Å²) in [5, 5.41) is 7.12. The highest BCUT2D eigenvalue weighted by molar-refractivity contribution is 6.21. The summed E-state index contributed by atoms with van der Waals surface area (Å²) in [5.41, 5.74) is 0. The number of alkyl halides is 1. The van der Waals surface area contributed by atoms with Crippen LogP contribution >= 0.6 is 11.6 Å². The Morgan fingerprint density at radius 1 is 1.78 bits per heavy atom. The molecule has 0 aromatic carbocycles. The highest BCUT2D eigenvalue weighted by atomic mass is 35.5. The number of nitrogens with one attached hydrogen (secondary N) is 1. The first kappa shape index (κ1) is 8.76. The van der Waals surface area contributed by atoms with Crippen molar-refractivity contribution in [3.05, 3.63) is 0 Å². The normalized spacial score (nSPS) is 12.8. The minimum Gasteiger partial charge on any atom is -0.481 e. The van der Waals surface area contributed by atoms with Crippen LogP contribution in [0.15, 0.2) is 0 Å². The molecule has 0 rings (SSSR count). The lowest BCUT2D eigenvalue weighted by atomic mass is 10.3. The first-order valence-corrected chi connectivity index (χ1v) is 3.44. The topological polar surface area (TPSA) is 33.1 Å². The molecule has 54 valence electrons. The maximum Gasteiger partial charge on any atom is 0.181 e. The Labute approximate surface area is 60.7 Å². The van der Waals surface area contributed by atoms with Crippen LogP contribution in [0.3, 0.4) is 0 Å². The van der Waals surface area contributed by atoms with Gasteiger partial charge in [0.2, 0.25) is 0 Å². The Bertz CT molecular complexity index is 93.1. The van der Waals surface area contributed by atoms with Gasteiger partial charge in [0.1, 0.15) is 0 Å². The van der Waals surface area contributed by atoms with Gasteiger partial charge in [-0.3, -0.25) is 5.41 Å². The molecule has 0 amide bonds. The molecule has 1 unspecified atom stereocenters. The van der Waals surface area contributed by atoms with Crippen molar-refractivity contribution in [3.8, 4) is 0 Å². The number of ether oxygens (including phenoxy) is 1. The third kappa shape index (κ3) is 5.63. The van der Waals surface area contributed by atoms with Gasteiger partial charge in [-0.25, -0.2) is 0 Å². The summed E-state index contributed by atoms with van der Waals surface area (Å²) in [5.74, 6) is 0.278. The Balaban J connectivity index is 3.27. The number of hydrogen-bond donors (Lipinski definition) is 1. The molecule has 3 heteroatoms. The smallest absolute Gasteiger partial charge is 0.181 e. The third-order valence-electron chi connectivity index (χ3n) is 0.785. The quantitative estimate of drug-likeness (QED) is 0.372. The van der Waals surface area contributed by atoms with Gasteiger partial charge in [0.25, 0.3) is 0 Å². The summed E-state index contributed by atoms with van der Waals surface area (Å²) in [4.78, 5) is 0. The van der Waals surface area contributed by atoms with Crippen LogP contribution in [-0.4, -0.2) is 17.9 Å². The van der Waals surface area contributed by atoms with Gasteiger partial charge >= 0.3 is 0 Å². The molecule has 0 spiro atoms. The molecule has 0 aromatic heterocycles. The van der Waals surface area contributed by atoms with Crippen LogP contribution in [0.25, 0.3) is 0 Å². The fraction of sp³-hybridized carbons (Fsp3) is 0.833. The summed E-state index contributed by atoms with van der Waals surface area (Å²) in [6, 6.07) is 0. The molecule has 0 aliphatic rings. The van der Waals surface area contributed by atoms with Gasteiger partial charge in [-0.1, -0.05) is 0 Å². The summed E-state index contributed by atoms with van der Waals surface area (Å²) < 4.78 is 4.85. The number of hydrogen-bond acceptors (Lipinski definition) is 2. The maximum absolute atomic E-state index is 7.11.